The Labute approximate surface area is 136 Å². The average Bonchev–Trinajstić information content (AvgIpc) is 2.44. The molecule has 1 atom stereocenters. The maximum absolute atomic E-state index is 11.1. The van der Waals surface area contributed by atoms with Crippen LogP contribution in [0.4, 0.5) is 10.5 Å². The molecule has 0 unspecified atom stereocenters. The van der Waals surface area contributed by atoms with Gasteiger partial charge < -0.3 is 10.0 Å². The lowest BCUT2D eigenvalue weighted by molar-refractivity contribution is 0.0710. The summed E-state index contributed by atoms with van der Waals surface area (Å²) in [5.41, 5.74) is 4.32. The highest BCUT2D eigenvalue weighted by molar-refractivity contribution is 7.78. The fourth-order valence-corrected chi connectivity index (χ4v) is 3.04. The Bertz CT molecular complexity index is 626. The second kappa shape index (κ2) is 7.01. The van der Waals surface area contributed by atoms with Crippen LogP contribution in [0.2, 0.25) is 0 Å². The standard InChI is InChI=1S/C16H21N3O2S/c1-11-6-14(13(3)15(7-11)17-10-22)9-18-4-5-19(16(20)21)12(2)8-18/h6-7,12H,4-5,8-9H2,1-3H3,(H,20,21)/t12-/m0/s1. The van der Waals surface area contributed by atoms with Crippen molar-refractivity contribution in [2.24, 2.45) is 4.99 Å². The minimum atomic E-state index is -0.837. The topological polar surface area (TPSA) is 56.1 Å². The Kier molecular flexibility index (Phi) is 5.29. The number of piperazine rings is 1. The molecule has 6 heteroatoms. The second-order valence-electron chi connectivity index (χ2n) is 5.83. The van der Waals surface area contributed by atoms with E-state index in [2.05, 4.69) is 21.1 Å². The van der Waals surface area contributed by atoms with Gasteiger partial charge in [0.1, 0.15) is 0 Å². The van der Waals surface area contributed by atoms with Gasteiger partial charge in [0.2, 0.25) is 0 Å². The monoisotopic (exact) mass is 319 g/mol. The molecule has 0 radical (unpaired) electrons. The summed E-state index contributed by atoms with van der Waals surface area (Å²) in [5, 5.41) is 11.6. The Balaban J connectivity index is 2.15. The molecule has 118 valence electrons. The molecule has 0 aliphatic carbocycles. The van der Waals surface area contributed by atoms with Gasteiger partial charge in [0.25, 0.3) is 0 Å². The van der Waals surface area contributed by atoms with Gasteiger partial charge in [-0.1, -0.05) is 6.07 Å². The highest BCUT2D eigenvalue weighted by Gasteiger charge is 2.27. The largest absolute Gasteiger partial charge is 0.465 e. The molecule has 5 nitrogen and oxygen atoms in total. The summed E-state index contributed by atoms with van der Waals surface area (Å²) in [6.45, 7) is 8.86. The number of carboxylic acid groups (broad SMARTS) is 1. The number of rotatable bonds is 3. The van der Waals surface area contributed by atoms with E-state index in [9.17, 15) is 4.79 Å². The number of carbonyl (C=O) groups is 1. The summed E-state index contributed by atoms with van der Waals surface area (Å²) < 4.78 is 0. The fourth-order valence-electron chi connectivity index (χ4n) is 2.94. The molecule has 22 heavy (non-hydrogen) atoms. The van der Waals surface area contributed by atoms with E-state index < -0.39 is 6.09 Å². The highest BCUT2D eigenvalue weighted by atomic mass is 32.1. The SMILES string of the molecule is Cc1cc(CN2CCN(C(=O)O)[C@@H](C)C2)c(C)c(N=C=S)c1. The molecular weight excluding hydrogens is 298 g/mol. The van der Waals surface area contributed by atoms with Gasteiger partial charge in [-0.3, -0.25) is 4.90 Å². The third-order valence-corrected chi connectivity index (χ3v) is 4.24. The van der Waals surface area contributed by atoms with Crippen LogP contribution in [0.3, 0.4) is 0 Å². The van der Waals surface area contributed by atoms with Crippen LogP contribution < -0.4 is 0 Å². The number of nitrogens with zero attached hydrogens (tertiary/aromatic N) is 3. The van der Waals surface area contributed by atoms with Crippen molar-refractivity contribution in [2.45, 2.75) is 33.4 Å². The van der Waals surface area contributed by atoms with E-state index in [1.54, 1.807) is 0 Å². The van der Waals surface area contributed by atoms with E-state index >= 15 is 0 Å². The van der Waals surface area contributed by atoms with Crippen molar-refractivity contribution < 1.29 is 9.90 Å². The van der Waals surface area contributed by atoms with E-state index in [1.165, 1.54) is 10.5 Å². The molecule has 0 aromatic heterocycles. The molecule has 1 saturated heterocycles. The van der Waals surface area contributed by atoms with Crippen LogP contribution in [0.25, 0.3) is 0 Å². The molecule has 1 aliphatic heterocycles. The Morgan fingerprint density at radius 1 is 1.45 bits per heavy atom. The number of hydrogen-bond donors (Lipinski definition) is 1. The van der Waals surface area contributed by atoms with Gasteiger partial charge in [-0.2, -0.15) is 4.99 Å². The zero-order chi connectivity index (χ0) is 16.3. The lowest BCUT2D eigenvalue weighted by Crippen LogP contribution is -2.53. The first-order valence-corrected chi connectivity index (χ1v) is 7.73. The Hall–Kier alpha value is -1.75. The van der Waals surface area contributed by atoms with Crippen molar-refractivity contribution in [3.63, 3.8) is 0 Å². The number of isothiocyanates is 1. The van der Waals surface area contributed by atoms with Gasteiger partial charge in [-0.15, -0.1) is 0 Å². The van der Waals surface area contributed by atoms with Crippen LogP contribution >= 0.6 is 12.2 Å². The molecule has 1 aromatic rings. The zero-order valence-corrected chi connectivity index (χ0v) is 14.0. The van der Waals surface area contributed by atoms with Gasteiger partial charge >= 0.3 is 6.09 Å². The summed E-state index contributed by atoms with van der Waals surface area (Å²) in [5.74, 6) is 0. The zero-order valence-electron chi connectivity index (χ0n) is 13.2. The Morgan fingerprint density at radius 3 is 2.77 bits per heavy atom. The van der Waals surface area contributed by atoms with Gasteiger partial charge in [-0.05, 0) is 55.7 Å². The maximum atomic E-state index is 11.1. The summed E-state index contributed by atoms with van der Waals surface area (Å²) in [6.07, 6.45) is -0.837. The minimum Gasteiger partial charge on any atom is -0.465 e. The van der Waals surface area contributed by atoms with E-state index in [-0.39, 0.29) is 6.04 Å². The molecule has 0 saturated carbocycles. The molecular formula is C16H21N3O2S. The molecule has 1 fully saturated rings. The van der Waals surface area contributed by atoms with Crippen molar-refractivity contribution in [2.75, 3.05) is 19.6 Å². The van der Waals surface area contributed by atoms with Crippen molar-refractivity contribution in [1.82, 2.24) is 9.80 Å². The molecule has 1 aromatic carbocycles. The first-order chi connectivity index (χ1) is 10.4. The normalized spacial score (nSPS) is 18.9. The first kappa shape index (κ1) is 16.6. The lowest BCUT2D eigenvalue weighted by atomic mass is 10.0. The van der Waals surface area contributed by atoms with E-state index in [0.717, 1.165) is 36.4 Å². The van der Waals surface area contributed by atoms with Gasteiger partial charge in [0.15, 0.2) is 0 Å². The van der Waals surface area contributed by atoms with Crippen LogP contribution in [0.5, 0.6) is 0 Å². The number of thiocarbonyl (C=S) groups is 1. The molecule has 1 N–H and O–H groups in total. The number of aryl methyl sites for hydroxylation is 1. The number of amides is 1. The van der Waals surface area contributed by atoms with E-state index in [4.69, 9.17) is 17.3 Å². The van der Waals surface area contributed by atoms with Crippen LogP contribution in [-0.4, -0.2) is 51.8 Å². The summed E-state index contributed by atoms with van der Waals surface area (Å²) in [4.78, 5) is 19.0. The smallest absolute Gasteiger partial charge is 0.407 e. The Morgan fingerprint density at radius 2 is 2.18 bits per heavy atom. The number of aliphatic imine (C=N–C) groups is 1. The van der Waals surface area contributed by atoms with Crippen LogP contribution in [-0.2, 0) is 6.54 Å². The van der Waals surface area contributed by atoms with E-state index in [1.807, 2.05) is 26.8 Å². The molecule has 1 amide bonds. The predicted octanol–water partition coefficient (Wildman–Crippen LogP) is 3.22. The van der Waals surface area contributed by atoms with Crippen molar-refractivity contribution in [3.05, 3.63) is 28.8 Å². The lowest BCUT2D eigenvalue weighted by Gasteiger charge is -2.38. The highest BCUT2D eigenvalue weighted by Crippen LogP contribution is 2.25. The summed E-state index contributed by atoms with van der Waals surface area (Å²) >= 11 is 4.71. The van der Waals surface area contributed by atoms with Crippen LogP contribution in [0.1, 0.15) is 23.6 Å². The molecule has 2 rings (SSSR count). The maximum Gasteiger partial charge on any atom is 0.407 e. The fraction of sp³-hybridized carbons (Fsp3) is 0.500. The predicted molar refractivity (Wildman–Crippen MR) is 90.1 cm³/mol. The average molecular weight is 319 g/mol. The molecule has 1 heterocycles. The quantitative estimate of drug-likeness (QED) is 0.686. The van der Waals surface area contributed by atoms with Crippen LogP contribution in [0, 0.1) is 13.8 Å². The van der Waals surface area contributed by atoms with Gasteiger partial charge in [0, 0.05) is 32.2 Å². The first-order valence-electron chi connectivity index (χ1n) is 7.32. The van der Waals surface area contributed by atoms with Gasteiger partial charge in [0.05, 0.1) is 10.8 Å². The second-order valence-corrected chi connectivity index (χ2v) is 6.01. The van der Waals surface area contributed by atoms with E-state index in [0.29, 0.717) is 6.54 Å². The molecule has 1 aliphatic rings. The molecule has 0 bridgehead atoms. The van der Waals surface area contributed by atoms with Crippen molar-refractivity contribution in [3.8, 4) is 0 Å². The third kappa shape index (κ3) is 3.71. The third-order valence-electron chi connectivity index (χ3n) is 4.15. The number of benzene rings is 1. The molecule has 0 spiro atoms. The van der Waals surface area contributed by atoms with Crippen LogP contribution in [0.15, 0.2) is 17.1 Å². The summed E-state index contributed by atoms with van der Waals surface area (Å²) in [6, 6.07) is 4.17. The summed E-state index contributed by atoms with van der Waals surface area (Å²) in [7, 11) is 0. The van der Waals surface area contributed by atoms with Crippen molar-refractivity contribution >= 4 is 29.2 Å². The number of hydrogen-bond acceptors (Lipinski definition) is 4. The van der Waals surface area contributed by atoms with Gasteiger partial charge in [-0.25, -0.2) is 4.79 Å². The minimum absolute atomic E-state index is 0.00910. The van der Waals surface area contributed by atoms with Crippen molar-refractivity contribution in [1.29, 1.82) is 0 Å².